The molecular formula is C13H18ClNO3. The standard InChI is InChI=1S/C13H17NO3.ClH/c1-9(15)17-12-6-5-10(8-13(12)16-2)11-4-3-7-14-11;/h5-6,8,11,14H,3-4,7H2,1-2H3;1H/t11-;/m0./s1. The van der Waals surface area contributed by atoms with Crippen molar-refractivity contribution in [2.45, 2.75) is 25.8 Å². The number of ether oxygens (including phenoxy) is 2. The first-order valence-corrected chi connectivity index (χ1v) is 5.80. The Morgan fingerprint density at radius 3 is 2.72 bits per heavy atom. The minimum atomic E-state index is -0.338. The smallest absolute Gasteiger partial charge is 0.308 e. The van der Waals surface area contributed by atoms with Crippen LogP contribution >= 0.6 is 12.4 Å². The van der Waals surface area contributed by atoms with E-state index in [4.69, 9.17) is 9.47 Å². The van der Waals surface area contributed by atoms with Gasteiger partial charge in [-0.1, -0.05) is 6.07 Å². The Morgan fingerprint density at radius 2 is 2.17 bits per heavy atom. The summed E-state index contributed by atoms with van der Waals surface area (Å²) in [7, 11) is 1.58. The van der Waals surface area contributed by atoms with Crippen molar-refractivity contribution in [2.75, 3.05) is 13.7 Å². The number of carbonyl (C=O) groups is 1. The van der Waals surface area contributed by atoms with Gasteiger partial charge in [0.15, 0.2) is 11.5 Å². The molecule has 0 saturated carbocycles. The first-order chi connectivity index (χ1) is 8.20. The van der Waals surface area contributed by atoms with Gasteiger partial charge in [0.1, 0.15) is 0 Å². The van der Waals surface area contributed by atoms with Gasteiger partial charge in [-0.3, -0.25) is 4.79 Å². The molecule has 0 radical (unpaired) electrons. The van der Waals surface area contributed by atoms with Crippen LogP contribution < -0.4 is 14.8 Å². The number of methoxy groups -OCH3 is 1. The molecule has 100 valence electrons. The number of benzene rings is 1. The van der Waals surface area contributed by atoms with Crippen molar-refractivity contribution in [3.05, 3.63) is 23.8 Å². The lowest BCUT2D eigenvalue weighted by molar-refractivity contribution is -0.132. The Balaban J connectivity index is 0.00000162. The molecule has 1 aliphatic rings. The summed E-state index contributed by atoms with van der Waals surface area (Å²) in [6, 6.07) is 6.08. The highest BCUT2D eigenvalue weighted by Crippen LogP contribution is 2.32. The number of hydrogen-bond donors (Lipinski definition) is 1. The summed E-state index contributed by atoms with van der Waals surface area (Å²) in [5.74, 6) is 0.739. The number of carbonyl (C=O) groups excluding carboxylic acids is 1. The van der Waals surface area contributed by atoms with E-state index in [1.54, 1.807) is 13.2 Å². The first-order valence-electron chi connectivity index (χ1n) is 5.80. The summed E-state index contributed by atoms with van der Waals surface area (Å²) >= 11 is 0. The van der Waals surface area contributed by atoms with Gasteiger partial charge in [0.2, 0.25) is 0 Å². The quantitative estimate of drug-likeness (QED) is 0.678. The summed E-state index contributed by atoms with van der Waals surface area (Å²) in [5, 5.41) is 3.42. The summed E-state index contributed by atoms with van der Waals surface area (Å²) in [5.41, 5.74) is 1.18. The average Bonchev–Trinajstić information content (AvgIpc) is 2.82. The maximum absolute atomic E-state index is 10.9. The van der Waals surface area contributed by atoms with E-state index in [1.165, 1.54) is 18.9 Å². The van der Waals surface area contributed by atoms with E-state index >= 15 is 0 Å². The minimum absolute atomic E-state index is 0. The van der Waals surface area contributed by atoms with E-state index in [9.17, 15) is 4.79 Å². The average molecular weight is 272 g/mol. The van der Waals surface area contributed by atoms with Crippen molar-refractivity contribution < 1.29 is 14.3 Å². The molecule has 0 aliphatic carbocycles. The van der Waals surface area contributed by atoms with Crippen LogP contribution in [-0.4, -0.2) is 19.6 Å². The molecule has 5 heteroatoms. The molecule has 0 amide bonds. The molecule has 1 N–H and O–H groups in total. The third-order valence-corrected chi connectivity index (χ3v) is 2.90. The van der Waals surface area contributed by atoms with Crippen molar-refractivity contribution in [2.24, 2.45) is 0 Å². The maximum Gasteiger partial charge on any atom is 0.308 e. The first kappa shape index (κ1) is 14.8. The Morgan fingerprint density at radius 1 is 1.39 bits per heavy atom. The Hall–Kier alpha value is -1.26. The van der Waals surface area contributed by atoms with Gasteiger partial charge in [-0.25, -0.2) is 0 Å². The number of rotatable bonds is 3. The summed E-state index contributed by atoms with van der Waals surface area (Å²) < 4.78 is 10.3. The highest BCUT2D eigenvalue weighted by molar-refractivity contribution is 5.85. The molecule has 0 spiro atoms. The molecule has 1 heterocycles. The fraction of sp³-hybridized carbons (Fsp3) is 0.462. The van der Waals surface area contributed by atoms with Crippen LogP contribution in [0.5, 0.6) is 11.5 Å². The van der Waals surface area contributed by atoms with E-state index in [2.05, 4.69) is 5.32 Å². The fourth-order valence-electron chi connectivity index (χ4n) is 2.11. The zero-order chi connectivity index (χ0) is 12.3. The zero-order valence-corrected chi connectivity index (χ0v) is 11.4. The molecule has 18 heavy (non-hydrogen) atoms. The van der Waals surface area contributed by atoms with Crippen LogP contribution in [0.3, 0.4) is 0 Å². The van der Waals surface area contributed by atoms with Crippen LogP contribution in [0.1, 0.15) is 31.4 Å². The number of halogens is 1. The van der Waals surface area contributed by atoms with Gasteiger partial charge in [0, 0.05) is 13.0 Å². The lowest BCUT2D eigenvalue weighted by Gasteiger charge is -2.14. The maximum atomic E-state index is 10.9. The Labute approximate surface area is 113 Å². The van der Waals surface area contributed by atoms with E-state index in [0.29, 0.717) is 17.5 Å². The summed E-state index contributed by atoms with van der Waals surface area (Å²) in [6.45, 7) is 2.44. The van der Waals surface area contributed by atoms with Gasteiger partial charge in [-0.2, -0.15) is 0 Å². The topological polar surface area (TPSA) is 47.6 Å². The predicted molar refractivity (Wildman–Crippen MR) is 71.5 cm³/mol. The van der Waals surface area contributed by atoms with Gasteiger partial charge in [0.05, 0.1) is 7.11 Å². The molecule has 1 fully saturated rings. The predicted octanol–water partition coefficient (Wildman–Crippen LogP) is 2.47. The number of nitrogens with one attached hydrogen (secondary N) is 1. The molecule has 1 aromatic rings. The second-order valence-corrected chi connectivity index (χ2v) is 4.15. The van der Waals surface area contributed by atoms with E-state index in [-0.39, 0.29) is 18.4 Å². The molecule has 1 aromatic carbocycles. The van der Waals surface area contributed by atoms with E-state index in [0.717, 1.165) is 13.0 Å². The Bertz CT molecular complexity index is 417. The van der Waals surface area contributed by atoms with Crippen LogP contribution in [0.15, 0.2) is 18.2 Å². The third-order valence-electron chi connectivity index (χ3n) is 2.90. The molecule has 1 saturated heterocycles. The van der Waals surface area contributed by atoms with Crippen molar-refractivity contribution >= 4 is 18.4 Å². The van der Waals surface area contributed by atoms with Gasteiger partial charge >= 0.3 is 5.97 Å². The molecule has 0 bridgehead atoms. The molecule has 1 aliphatic heterocycles. The van der Waals surface area contributed by atoms with Gasteiger partial charge < -0.3 is 14.8 Å². The van der Waals surface area contributed by atoms with Crippen LogP contribution in [0.4, 0.5) is 0 Å². The van der Waals surface area contributed by atoms with Crippen molar-refractivity contribution in [3.63, 3.8) is 0 Å². The van der Waals surface area contributed by atoms with Gasteiger partial charge in [-0.15, -0.1) is 12.4 Å². The number of hydrogen-bond acceptors (Lipinski definition) is 4. The zero-order valence-electron chi connectivity index (χ0n) is 10.6. The van der Waals surface area contributed by atoms with Crippen LogP contribution in [0.2, 0.25) is 0 Å². The van der Waals surface area contributed by atoms with E-state index in [1.807, 2.05) is 12.1 Å². The van der Waals surface area contributed by atoms with Gasteiger partial charge in [0.25, 0.3) is 0 Å². The fourth-order valence-corrected chi connectivity index (χ4v) is 2.11. The Kier molecular flexibility index (Phi) is 5.44. The number of esters is 1. The highest BCUT2D eigenvalue weighted by Gasteiger charge is 2.18. The largest absolute Gasteiger partial charge is 0.493 e. The molecule has 1 atom stereocenters. The second kappa shape index (κ2) is 6.61. The second-order valence-electron chi connectivity index (χ2n) is 4.15. The third kappa shape index (κ3) is 3.37. The lowest BCUT2D eigenvalue weighted by Crippen LogP contribution is -2.13. The van der Waals surface area contributed by atoms with Crippen LogP contribution in [0, 0.1) is 0 Å². The van der Waals surface area contributed by atoms with E-state index < -0.39 is 0 Å². The molecule has 0 unspecified atom stereocenters. The van der Waals surface area contributed by atoms with Crippen molar-refractivity contribution in [1.82, 2.24) is 5.32 Å². The normalized spacial score (nSPS) is 18.0. The summed E-state index contributed by atoms with van der Waals surface area (Å²) in [6.07, 6.45) is 2.33. The monoisotopic (exact) mass is 271 g/mol. The van der Waals surface area contributed by atoms with Crippen molar-refractivity contribution in [3.8, 4) is 11.5 Å². The van der Waals surface area contributed by atoms with Crippen LogP contribution in [-0.2, 0) is 4.79 Å². The minimum Gasteiger partial charge on any atom is -0.493 e. The van der Waals surface area contributed by atoms with Crippen molar-refractivity contribution in [1.29, 1.82) is 0 Å². The molecule has 2 rings (SSSR count). The molecule has 0 aromatic heterocycles. The highest BCUT2D eigenvalue weighted by atomic mass is 35.5. The van der Waals surface area contributed by atoms with Crippen LogP contribution in [0.25, 0.3) is 0 Å². The molecule has 4 nitrogen and oxygen atoms in total. The summed E-state index contributed by atoms with van der Waals surface area (Å²) in [4.78, 5) is 10.9. The molecular weight excluding hydrogens is 254 g/mol. The van der Waals surface area contributed by atoms with Gasteiger partial charge in [-0.05, 0) is 37.1 Å². The SMILES string of the molecule is COc1cc([C@@H]2CCCN2)ccc1OC(C)=O.Cl. The lowest BCUT2D eigenvalue weighted by atomic mass is 10.0.